The number of anilines is 1. The van der Waals surface area contributed by atoms with Crippen LogP contribution in [-0.4, -0.2) is 59.2 Å². The maximum absolute atomic E-state index is 12.7. The first-order chi connectivity index (χ1) is 13.0. The summed E-state index contributed by atoms with van der Waals surface area (Å²) in [6.07, 6.45) is 3.64. The zero-order valence-electron chi connectivity index (χ0n) is 14.8. The van der Waals surface area contributed by atoms with Crippen molar-refractivity contribution in [3.63, 3.8) is 0 Å². The number of nitrogens with zero attached hydrogens (tertiary/aromatic N) is 3. The fourth-order valence-electron chi connectivity index (χ4n) is 2.82. The lowest BCUT2D eigenvalue weighted by molar-refractivity contribution is -0.119. The van der Waals surface area contributed by atoms with Crippen LogP contribution < -0.4 is 5.32 Å². The van der Waals surface area contributed by atoms with Gasteiger partial charge >= 0.3 is 0 Å². The van der Waals surface area contributed by atoms with Gasteiger partial charge in [-0.15, -0.1) is 0 Å². The highest BCUT2D eigenvalue weighted by atomic mass is 35.5. The van der Waals surface area contributed by atoms with Crippen molar-refractivity contribution in [3.8, 4) is 0 Å². The number of nitrogens with one attached hydrogen (secondary N) is 1. The van der Waals surface area contributed by atoms with E-state index in [1.165, 1.54) is 18.5 Å². The van der Waals surface area contributed by atoms with Gasteiger partial charge in [-0.3, -0.25) is 19.4 Å². The molecule has 27 heavy (non-hydrogen) atoms. The lowest BCUT2D eigenvalue weighted by atomic mass is 10.1. The Labute approximate surface area is 161 Å². The largest absolute Gasteiger partial charge is 0.342 e. The molecule has 2 aromatic rings. The molecule has 3 amide bonds. The van der Waals surface area contributed by atoms with Gasteiger partial charge in [0.15, 0.2) is 0 Å². The summed E-state index contributed by atoms with van der Waals surface area (Å²) in [7, 11) is 0. The SMILES string of the molecule is Cc1ccc(Cl)cc1NC(=O)c1cncc(C(=O)N2CCN(C=O)CC2)c1. The lowest BCUT2D eigenvalue weighted by Crippen LogP contribution is -2.48. The molecule has 2 heterocycles. The van der Waals surface area contributed by atoms with Crippen molar-refractivity contribution in [1.29, 1.82) is 0 Å². The Balaban J connectivity index is 1.73. The average Bonchev–Trinajstić information content (AvgIpc) is 2.70. The van der Waals surface area contributed by atoms with Crippen LogP contribution in [0, 0.1) is 6.92 Å². The summed E-state index contributed by atoms with van der Waals surface area (Å²) in [6.45, 7) is 3.77. The van der Waals surface area contributed by atoms with E-state index in [-0.39, 0.29) is 17.4 Å². The van der Waals surface area contributed by atoms with Crippen LogP contribution >= 0.6 is 11.6 Å². The summed E-state index contributed by atoms with van der Waals surface area (Å²) in [5.41, 5.74) is 2.10. The Kier molecular flexibility index (Phi) is 5.71. The Bertz CT molecular complexity index is 879. The molecule has 0 bridgehead atoms. The van der Waals surface area contributed by atoms with Crippen molar-refractivity contribution in [2.24, 2.45) is 0 Å². The topological polar surface area (TPSA) is 82.6 Å². The summed E-state index contributed by atoms with van der Waals surface area (Å²) in [4.78, 5) is 43.3. The number of amides is 3. The summed E-state index contributed by atoms with van der Waals surface area (Å²) in [5.74, 6) is -0.574. The number of aromatic nitrogens is 1. The molecule has 0 saturated carbocycles. The molecule has 0 radical (unpaired) electrons. The smallest absolute Gasteiger partial charge is 0.257 e. The monoisotopic (exact) mass is 386 g/mol. The van der Waals surface area contributed by atoms with Crippen LogP contribution in [0.2, 0.25) is 5.02 Å². The third kappa shape index (κ3) is 4.43. The van der Waals surface area contributed by atoms with Gasteiger partial charge < -0.3 is 15.1 Å². The molecule has 8 heteroatoms. The molecule has 0 unspecified atom stereocenters. The molecule has 1 aliphatic rings. The van der Waals surface area contributed by atoms with Crippen LogP contribution in [-0.2, 0) is 4.79 Å². The number of rotatable bonds is 4. The molecule has 1 aromatic heterocycles. The second kappa shape index (κ2) is 8.18. The van der Waals surface area contributed by atoms with Crippen LogP contribution in [0.3, 0.4) is 0 Å². The van der Waals surface area contributed by atoms with Crippen molar-refractivity contribution >= 4 is 35.5 Å². The van der Waals surface area contributed by atoms with Gasteiger partial charge in [0.2, 0.25) is 6.41 Å². The second-order valence-electron chi connectivity index (χ2n) is 6.31. The molecule has 1 fully saturated rings. The van der Waals surface area contributed by atoms with E-state index >= 15 is 0 Å². The summed E-state index contributed by atoms with van der Waals surface area (Å²) < 4.78 is 0. The average molecular weight is 387 g/mol. The molecule has 1 aliphatic heterocycles. The van der Waals surface area contributed by atoms with E-state index < -0.39 is 0 Å². The maximum Gasteiger partial charge on any atom is 0.257 e. The number of pyridine rings is 1. The molecule has 140 valence electrons. The van der Waals surface area contributed by atoms with Crippen LogP contribution in [0.5, 0.6) is 0 Å². The third-order valence-corrected chi connectivity index (χ3v) is 4.68. The molecule has 1 aromatic carbocycles. The molecule has 0 aliphatic carbocycles. The first-order valence-corrected chi connectivity index (χ1v) is 8.87. The van der Waals surface area contributed by atoms with E-state index in [1.54, 1.807) is 21.9 Å². The van der Waals surface area contributed by atoms with Gasteiger partial charge in [-0.25, -0.2) is 0 Å². The predicted molar refractivity (Wildman–Crippen MR) is 102 cm³/mol. The van der Waals surface area contributed by atoms with Gasteiger partial charge in [0.05, 0.1) is 11.1 Å². The zero-order valence-corrected chi connectivity index (χ0v) is 15.6. The number of hydrogen-bond acceptors (Lipinski definition) is 4. The van der Waals surface area contributed by atoms with E-state index in [0.29, 0.717) is 42.5 Å². The number of carbonyl (C=O) groups excluding carboxylic acids is 3. The molecule has 0 spiro atoms. The van der Waals surface area contributed by atoms with Crippen molar-refractivity contribution in [2.45, 2.75) is 6.92 Å². The summed E-state index contributed by atoms with van der Waals surface area (Å²) in [6, 6.07) is 6.76. The highest BCUT2D eigenvalue weighted by Gasteiger charge is 2.22. The van der Waals surface area contributed by atoms with Gasteiger partial charge in [-0.2, -0.15) is 0 Å². The van der Waals surface area contributed by atoms with Gasteiger partial charge in [-0.1, -0.05) is 17.7 Å². The van der Waals surface area contributed by atoms with E-state index in [9.17, 15) is 14.4 Å². The predicted octanol–water partition coefficient (Wildman–Crippen LogP) is 2.21. The second-order valence-corrected chi connectivity index (χ2v) is 6.75. The van der Waals surface area contributed by atoms with Crippen LogP contribution in [0.4, 0.5) is 5.69 Å². The van der Waals surface area contributed by atoms with Gasteiger partial charge in [0.1, 0.15) is 0 Å². The highest BCUT2D eigenvalue weighted by molar-refractivity contribution is 6.31. The first kappa shape index (κ1) is 18.8. The minimum Gasteiger partial charge on any atom is -0.342 e. The fourth-order valence-corrected chi connectivity index (χ4v) is 2.99. The molecular formula is C19H19ClN4O3. The fraction of sp³-hybridized carbons (Fsp3) is 0.263. The normalized spacial score (nSPS) is 14.0. The Morgan fingerprint density at radius 3 is 2.52 bits per heavy atom. The van der Waals surface area contributed by atoms with Crippen molar-refractivity contribution in [2.75, 3.05) is 31.5 Å². The number of benzene rings is 1. The molecule has 7 nitrogen and oxygen atoms in total. The van der Waals surface area contributed by atoms with E-state index in [2.05, 4.69) is 10.3 Å². The molecule has 0 atom stereocenters. The van der Waals surface area contributed by atoms with Gasteiger partial charge in [0, 0.05) is 49.3 Å². The van der Waals surface area contributed by atoms with Crippen molar-refractivity contribution in [1.82, 2.24) is 14.8 Å². The van der Waals surface area contributed by atoms with E-state index in [1.807, 2.05) is 13.0 Å². The van der Waals surface area contributed by atoms with Gasteiger partial charge in [0.25, 0.3) is 11.8 Å². The number of hydrogen-bond donors (Lipinski definition) is 1. The van der Waals surface area contributed by atoms with Crippen LogP contribution in [0.25, 0.3) is 0 Å². The number of halogens is 1. The Morgan fingerprint density at radius 2 is 1.81 bits per heavy atom. The molecular weight excluding hydrogens is 368 g/mol. The van der Waals surface area contributed by atoms with E-state index in [0.717, 1.165) is 12.0 Å². The molecule has 3 rings (SSSR count). The van der Waals surface area contributed by atoms with E-state index in [4.69, 9.17) is 11.6 Å². The molecule has 1 N–H and O–H groups in total. The zero-order chi connectivity index (χ0) is 19.4. The standard InChI is InChI=1S/C19H19ClN4O3/c1-13-2-3-16(20)9-17(13)22-18(26)14-8-15(11-21-10-14)19(27)24-6-4-23(12-25)5-7-24/h2-3,8-12H,4-7H2,1H3,(H,22,26). The van der Waals surface area contributed by atoms with Gasteiger partial charge in [-0.05, 0) is 30.7 Å². The highest BCUT2D eigenvalue weighted by Crippen LogP contribution is 2.21. The first-order valence-electron chi connectivity index (χ1n) is 8.49. The molecule has 1 saturated heterocycles. The third-order valence-electron chi connectivity index (χ3n) is 4.45. The lowest BCUT2D eigenvalue weighted by Gasteiger charge is -2.32. The van der Waals surface area contributed by atoms with Crippen LogP contribution in [0.15, 0.2) is 36.7 Å². The van der Waals surface area contributed by atoms with Crippen molar-refractivity contribution in [3.05, 3.63) is 58.4 Å². The summed E-state index contributed by atoms with van der Waals surface area (Å²) in [5, 5.41) is 3.31. The number of aryl methyl sites for hydroxylation is 1. The Hall–Kier alpha value is -2.93. The minimum atomic E-state index is -0.367. The number of carbonyl (C=O) groups is 3. The maximum atomic E-state index is 12.7. The quantitative estimate of drug-likeness (QED) is 0.817. The van der Waals surface area contributed by atoms with Crippen molar-refractivity contribution < 1.29 is 14.4 Å². The Morgan fingerprint density at radius 1 is 1.11 bits per heavy atom. The summed E-state index contributed by atoms with van der Waals surface area (Å²) >= 11 is 5.98. The van der Waals surface area contributed by atoms with Crippen LogP contribution in [0.1, 0.15) is 26.3 Å². The minimum absolute atomic E-state index is 0.207. The number of piperazine rings is 1.